The van der Waals surface area contributed by atoms with Gasteiger partial charge in [-0.15, -0.1) is 0 Å². The topological polar surface area (TPSA) is 136 Å². The minimum atomic E-state index is -0.844. The van der Waals surface area contributed by atoms with Gasteiger partial charge in [0.1, 0.15) is 5.78 Å². The predicted octanol–water partition coefficient (Wildman–Crippen LogP) is 7.77. The first-order valence-corrected chi connectivity index (χ1v) is 19.8. The van der Waals surface area contributed by atoms with Crippen molar-refractivity contribution in [1.82, 2.24) is 5.32 Å². The molecule has 5 N–H and O–H groups in total. The largest absolute Gasteiger partial charge is 0.393 e. The Bertz CT molecular complexity index is 1290. The number of ether oxygens (including phenoxy) is 1. The van der Waals surface area contributed by atoms with E-state index in [9.17, 15) is 30.0 Å². The number of piperidine rings is 1. The normalized spacial score (nSPS) is 28.9. The van der Waals surface area contributed by atoms with Crippen molar-refractivity contribution in [3.05, 3.63) is 59.8 Å². The molecule has 52 heavy (non-hydrogen) atoms. The van der Waals surface area contributed by atoms with Crippen LogP contribution in [-0.2, 0) is 14.3 Å². The molecule has 296 valence electrons. The van der Waals surface area contributed by atoms with Crippen molar-refractivity contribution in [1.29, 1.82) is 0 Å². The van der Waals surface area contributed by atoms with Gasteiger partial charge < -0.3 is 35.3 Å². The van der Waals surface area contributed by atoms with Gasteiger partial charge in [-0.1, -0.05) is 104 Å². The molecule has 2 rings (SSSR count). The molecule has 1 amide bonds. The van der Waals surface area contributed by atoms with Gasteiger partial charge in [0.25, 0.3) is 0 Å². The molecule has 0 radical (unpaired) electrons. The summed E-state index contributed by atoms with van der Waals surface area (Å²) in [6, 6.07) is 0. The van der Waals surface area contributed by atoms with E-state index in [0.717, 1.165) is 36.8 Å². The van der Waals surface area contributed by atoms with Crippen LogP contribution in [0, 0.1) is 40.9 Å². The monoisotopic (exact) mass is 728 g/mol. The lowest BCUT2D eigenvalue weighted by Gasteiger charge is -2.51. The summed E-state index contributed by atoms with van der Waals surface area (Å²) in [5, 5.41) is 46.7. The fourth-order valence-corrected chi connectivity index (χ4v) is 7.74. The zero-order chi connectivity index (χ0) is 39.4. The number of rotatable bonds is 19. The maximum atomic E-state index is 12.8. The first-order valence-electron chi connectivity index (χ1n) is 19.8. The lowest BCUT2D eigenvalue weighted by Crippen LogP contribution is -2.64. The summed E-state index contributed by atoms with van der Waals surface area (Å²) < 4.78 is 6.69. The first-order chi connectivity index (χ1) is 24.2. The lowest BCUT2D eigenvalue weighted by molar-refractivity contribution is -0.179. The fraction of sp³-hybridized carbons (Fsp3) is 0.727. The quantitative estimate of drug-likeness (QED) is 0.0678. The number of ketones is 1. The molecular formula is C44H73NO7. The molecule has 12 atom stereocenters. The first kappa shape index (κ1) is 45.8. The Morgan fingerprint density at radius 2 is 1.73 bits per heavy atom. The zero-order valence-corrected chi connectivity index (χ0v) is 34.1. The van der Waals surface area contributed by atoms with Crippen molar-refractivity contribution in [2.75, 3.05) is 0 Å². The standard InChI is InChI=1S/C44H73NO7/c1-12-35-26-32(6)44(45-42(35)51)31(5)25-30(4)40(52-44)27-39(49)29(3)20-16-13-15-19-28(2)37(47)21-17-14-18-22-38(48)34(8)41(50)36(43(9,10)11)24-23-33(7)46/h13-15,17-19,22,25,29-30,32,34-41,47-50H,12,16,20-21,23-24,26-27H2,1-11H3,(H,45,51)/b15-13+,17-14+,22-18+,28-19+. The maximum Gasteiger partial charge on any atom is 0.225 e. The van der Waals surface area contributed by atoms with E-state index in [2.05, 4.69) is 38.2 Å². The third kappa shape index (κ3) is 13.2. The molecule has 2 aliphatic rings. The third-order valence-corrected chi connectivity index (χ3v) is 11.8. The molecule has 12 unspecified atom stereocenters. The molecule has 0 aromatic carbocycles. The van der Waals surface area contributed by atoms with Gasteiger partial charge in [0.2, 0.25) is 5.91 Å². The van der Waals surface area contributed by atoms with Crippen LogP contribution >= 0.6 is 0 Å². The van der Waals surface area contributed by atoms with Crippen LogP contribution in [0.4, 0.5) is 0 Å². The number of carbonyl (C=O) groups is 2. The number of aliphatic hydroxyl groups is 4. The van der Waals surface area contributed by atoms with E-state index in [1.807, 2.05) is 66.7 Å². The van der Waals surface area contributed by atoms with Gasteiger partial charge in [-0.25, -0.2) is 0 Å². The Kier molecular flexibility index (Phi) is 18.4. The van der Waals surface area contributed by atoms with Crippen LogP contribution in [0.5, 0.6) is 0 Å². The van der Waals surface area contributed by atoms with Crippen LogP contribution in [0.25, 0.3) is 0 Å². The average Bonchev–Trinajstić information content (AvgIpc) is 3.06. The highest BCUT2D eigenvalue weighted by Crippen LogP contribution is 2.43. The van der Waals surface area contributed by atoms with Crippen molar-refractivity contribution in [3.63, 3.8) is 0 Å². The van der Waals surface area contributed by atoms with Gasteiger partial charge in [-0.3, -0.25) is 4.79 Å². The minimum Gasteiger partial charge on any atom is -0.393 e. The van der Waals surface area contributed by atoms with Gasteiger partial charge in [-0.2, -0.15) is 0 Å². The summed E-state index contributed by atoms with van der Waals surface area (Å²) in [5.74, 6) is -0.00797. The average molecular weight is 728 g/mol. The molecule has 0 saturated carbocycles. The van der Waals surface area contributed by atoms with Crippen molar-refractivity contribution < 1.29 is 34.8 Å². The van der Waals surface area contributed by atoms with E-state index in [-0.39, 0.29) is 52.8 Å². The number of nitrogens with one attached hydrogen (secondary N) is 1. The highest BCUT2D eigenvalue weighted by molar-refractivity contribution is 5.81. The van der Waals surface area contributed by atoms with Gasteiger partial charge in [0.05, 0.1) is 30.5 Å². The Morgan fingerprint density at radius 3 is 2.35 bits per heavy atom. The summed E-state index contributed by atoms with van der Waals surface area (Å²) >= 11 is 0. The molecule has 0 aromatic rings. The second kappa shape index (κ2) is 20.9. The van der Waals surface area contributed by atoms with Crippen LogP contribution < -0.4 is 5.32 Å². The van der Waals surface area contributed by atoms with E-state index >= 15 is 0 Å². The summed E-state index contributed by atoms with van der Waals surface area (Å²) in [7, 11) is 0. The van der Waals surface area contributed by atoms with E-state index in [1.165, 1.54) is 0 Å². The van der Waals surface area contributed by atoms with Gasteiger partial charge in [-0.05, 0) is 87.7 Å². The van der Waals surface area contributed by atoms with Crippen LogP contribution in [0.2, 0.25) is 0 Å². The number of amides is 1. The van der Waals surface area contributed by atoms with Crippen molar-refractivity contribution >= 4 is 11.7 Å². The van der Waals surface area contributed by atoms with E-state index in [0.29, 0.717) is 25.7 Å². The second-order valence-corrected chi connectivity index (χ2v) is 17.1. The molecular weight excluding hydrogens is 654 g/mol. The highest BCUT2D eigenvalue weighted by atomic mass is 16.5. The molecule has 0 bridgehead atoms. The van der Waals surface area contributed by atoms with E-state index in [4.69, 9.17) is 4.74 Å². The second-order valence-electron chi connectivity index (χ2n) is 17.1. The third-order valence-electron chi connectivity index (χ3n) is 11.8. The van der Waals surface area contributed by atoms with E-state index in [1.54, 1.807) is 25.2 Å². The van der Waals surface area contributed by atoms with Crippen LogP contribution in [0.1, 0.15) is 128 Å². The van der Waals surface area contributed by atoms with Gasteiger partial charge in [0.15, 0.2) is 5.72 Å². The molecule has 2 heterocycles. The predicted molar refractivity (Wildman–Crippen MR) is 211 cm³/mol. The Hall–Kier alpha value is -2.36. The molecule has 0 aromatic heterocycles. The Labute approximate surface area is 315 Å². The number of hydrogen-bond donors (Lipinski definition) is 5. The molecule has 8 heteroatoms. The van der Waals surface area contributed by atoms with Crippen molar-refractivity contribution in [3.8, 4) is 0 Å². The van der Waals surface area contributed by atoms with Crippen molar-refractivity contribution in [2.45, 2.75) is 164 Å². The van der Waals surface area contributed by atoms with Crippen LogP contribution in [0.3, 0.4) is 0 Å². The molecule has 2 aliphatic heterocycles. The SMILES string of the molecule is CCC1CC(C)C2(NC1=O)OC(CC(O)C(C)CC/C=C/C=C(\C)C(O)C/C=C/C=C/C(O)C(C)C(O)C(CCC(C)=O)C(C)(C)C)C(C)C=C2C. The Balaban J connectivity index is 1.82. The number of allylic oxidation sites excluding steroid dienone is 5. The summed E-state index contributed by atoms with van der Waals surface area (Å²) in [6.45, 7) is 21.8. The highest BCUT2D eigenvalue weighted by Gasteiger charge is 2.50. The van der Waals surface area contributed by atoms with Crippen LogP contribution in [0.15, 0.2) is 59.8 Å². The number of aliphatic hydroxyl groups excluding tert-OH is 4. The number of Topliss-reactive ketones (excluding diaryl/α,β-unsaturated/α-hetero) is 1. The number of carbonyl (C=O) groups excluding carboxylic acids is 2. The fourth-order valence-electron chi connectivity index (χ4n) is 7.74. The molecule has 8 nitrogen and oxygen atoms in total. The molecule has 1 spiro atoms. The summed E-state index contributed by atoms with van der Waals surface area (Å²) in [5.41, 5.74) is 0.882. The van der Waals surface area contributed by atoms with E-state index < -0.39 is 36.1 Å². The summed E-state index contributed by atoms with van der Waals surface area (Å²) in [4.78, 5) is 24.4. The van der Waals surface area contributed by atoms with Gasteiger partial charge in [0, 0.05) is 36.5 Å². The molecule has 1 fully saturated rings. The van der Waals surface area contributed by atoms with Crippen LogP contribution in [-0.4, -0.2) is 68.4 Å². The van der Waals surface area contributed by atoms with Gasteiger partial charge >= 0.3 is 0 Å². The van der Waals surface area contributed by atoms with Crippen molar-refractivity contribution in [2.24, 2.45) is 40.9 Å². The zero-order valence-electron chi connectivity index (χ0n) is 34.1. The molecule has 0 aliphatic carbocycles. The molecule has 1 saturated heterocycles. The minimum absolute atomic E-state index is 0.0103. The number of hydrogen-bond acceptors (Lipinski definition) is 7. The lowest BCUT2D eigenvalue weighted by atomic mass is 9.71. The Morgan fingerprint density at radius 1 is 1.06 bits per heavy atom. The summed E-state index contributed by atoms with van der Waals surface area (Å²) in [6.07, 6.45) is 17.3. The maximum absolute atomic E-state index is 12.8. The smallest absolute Gasteiger partial charge is 0.225 e.